The van der Waals surface area contributed by atoms with Crippen LogP contribution in [0.25, 0.3) is 0 Å². The van der Waals surface area contributed by atoms with Gasteiger partial charge in [0.1, 0.15) is 0 Å². The van der Waals surface area contributed by atoms with E-state index in [9.17, 15) is 16.8 Å². The molecule has 6 nitrogen and oxygen atoms in total. The molecule has 1 N–H and O–H groups in total. The molecule has 8 heteroatoms. The van der Waals surface area contributed by atoms with E-state index >= 15 is 0 Å². The maximum atomic E-state index is 11.2. The molecule has 16 heavy (non-hydrogen) atoms. The van der Waals surface area contributed by atoms with Crippen LogP contribution in [-0.4, -0.2) is 34.7 Å². The van der Waals surface area contributed by atoms with E-state index in [-0.39, 0.29) is 10.6 Å². The lowest BCUT2D eigenvalue weighted by Crippen LogP contribution is -2.24. The Morgan fingerprint density at radius 1 is 1.19 bits per heavy atom. The Hall–Kier alpha value is -1.12. The van der Waals surface area contributed by atoms with Crippen LogP contribution < -0.4 is 4.31 Å². The standard InChI is InChI=1S/C8H11NO5S2/c1-9(15(2,10)11)7-4-3-5-8(6-7)16(12,13)14/h3-6H,1-2H3,(H,12,13,14). The summed E-state index contributed by atoms with van der Waals surface area (Å²) in [7, 11) is -6.50. The number of hydrogen-bond donors (Lipinski definition) is 1. The Balaban J connectivity index is 3.30. The van der Waals surface area contributed by atoms with Crippen molar-refractivity contribution in [2.24, 2.45) is 0 Å². The van der Waals surface area contributed by atoms with Crippen molar-refractivity contribution in [3.8, 4) is 0 Å². The van der Waals surface area contributed by atoms with E-state index < -0.39 is 20.1 Å². The monoisotopic (exact) mass is 265 g/mol. The lowest BCUT2D eigenvalue weighted by atomic mass is 10.3. The highest BCUT2D eigenvalue weighted by Gasteiger charge is 2.15. The molecule has 0 atom stereocenters. The first kappa shape index (κ1) is 12.9. The first-order valence-corrected chi connectivity index (χ1v) is 7.42. The van der Waals surface area contributed by atoms with Gasteiger partial charge in [-0.3, -0.25) is 8.86 Å². The van der Waals surface area contributed by atoms with E-state index in [0.717, 1.165) is 16.6 Å². The minimum Gasteiger partial charge on any atom is -0.282 e. The number of benzene rings is 1. The molecular formula is C8H11NO5S2. The van der Waals surface area contributed by atoms with E-state index in [1.54, 1.807) is 0 Å². The van der Waals surface area contributed by atoms with Crippen molar-refractivity contribution in [2.45, 2.75) is 4.90 Å². The zero-order valence-electron chi connectivity index (χ0n) is 8.65. The van der Waals surface area contributed by atoms with Crippen LogP contribution >= 0.6 is 0 Å². The summed E-state index contributed by atoms with van der Waals surface area (Å²) in [5, 5.41) is 0. The zero-order chi connectivity index (χ0) is 12.6. The number of hydrogen-bond acceptors (Lipinski definition) is 4. The van der Waals surface area contributed by atoms with Crippen molar-refractivity contribution in [3.63, 3.8) is 0 Å². The number of anilines is 1. The van der Waals surface area contributed by atoms with Crippen LogP contribution in [0.1, 0.15) is 0 Å². The van der Waals surface area contributed by atoms with Crippen LogP contribution in [0.15, 0.2) is 29.2 Å². The Labute approximate surface area is 94.3 Å². The van der Waals surface area contributed by atoms with Crippen molar-refractivity contribution in [2.75, 3.05) is 17.6 Å². The third kappa shape index (κ3) is 2.94. The molecule has 0 radical (unpaired) electrons. The molecule has 0 spiro atoms. The van der Waals surface area contributed by atoms with Gasteiger partial charge in [-0.1, -0.05) is 6.07 Å². The summed E-state index contributed by atoms with van der Waals surface area (Å²) in [5.74, 6) is 0. The van der Waals surface area contributed by atoms with E-state index in [1.807, 2.05) is 0 Å². The minimum atomic E-state index is -4.33. The van der Waals surface area contributed by atoms with E-state index in [2.05, 4.69) is 0 Å². The van der Waals surface area contributed by atoms with Gasteiger partial charge >= 0.3 is 0 Å². The van der Waals surface area contributed by atoms with Crippen molar-refractivity contribution >= 4 is 25.8 Å². The lowest BCUT2D eigenvalue weighted by Gasteiger charge is -2.16. The molecule has 0 bridgehead atoms. The Morgan fingerprint density at radius 3 is 2.19 bits per heavy atom. The molecule has 0 aliphatic carbocycles. The Morgan fingerprint density at radius 2 is 1.75 bits per heavy atom. The van der Waals surface area contributed by atoms with Gasteiger partial charge in [-0.25, -0.2) is 8.42 Å². The van der Waals surface area contributed by atoms with Crippen LogP contribution in [0, 0.1) is 0 Å². The van der Waals surface area contributed by atoms with Crippen molar-refractivity contribution in [1.82, 2.24) is 0 Å². The van der Waals surface area contributed by atoms with Crippen molar-refractivity contribution < 1.29 is 21.4 Å². The van der Waals surface area contributed by atoms with Gasteiger partial charge in [0.15, 0.2) is 0 Å². The van der Waals surface area contributed by atoms with Gasteiger partial charge in [-0.2, -0.15) is 8.42 Å². The molecule has 0 heterocycles. The highest BCUT2D eigenvalue weighted by molar-refractivity contribution is 7.92. The average Bonchev–Trinajstić information content (AvgIpc) is 2.14. The maximum absolute atomic E-state index is 11.2. The summed E-state index contributed by atoms with van der Waals surface area (Å²) in [4.78, 5) is -0.347. The summed E-state index contributed by atoms with van der Waals surface area (Å²) in [6, 6.07) is 5.03. The smallest absolute Gasteiger partial charge is 0.282 e. The summed E-state index contributed by atoms with van der Waals surface area (Å²) in [6.45, 7) is 0. The summed E-state index contributed by atoms with van der Waals surface area (Å²) in [5.41, 5.74) is 0.164. The fourth-order valence-corrected chi connectivity index (χ4v) is 2.05. The van der Waals surface area contributed by atoms with Gasteiger partial charge in [0.25, 0.3) is 10.1 Å². The van der Waals surface area contributed by atoms with Crippen molar-refractivity contribution in [1.29, 1.82) is 0 Å². The topological polar surface area (TPSA) is 91.8 Å². The quantitative estimate of drug-likeness (QED) is 0.795. The van der Waals surface area contributed by atoms with Crippen molar-refractivity contribution in [3.05, 3.63) is 24.3 Å². The summed E-state index contributed by atoms with van der Waals surface area (Å²) >= 11 is 0. The second-order valence-corrected chi connectivity index (χ2v) is 6.64. The zero-order valence-corrected chi connectivity index (χ0v) is 10.3. The second kappa shape index (κ2) is 4.04. The fourth-order valence-electron chi connectivity index (χ4n) is 1.03. The Bertz CT molecular complexity index is 591. The van der Waals surface area contributed by atoms with Crippen LogP contribution in [0.4, 0.5) is 5.69 Å². The van der Waals surface area contributed by atoms with E-state index in [0.29, 0.717) is 0 Å². The van der Waals surface area contributed by atoms with Gasteiger partial charge in [0.2, 0.25) is 10.0 Å². The first-order valence-electron chi connectivity index (χ1n) is 4.14. The molecule has 0 saturated heterocycles. The van der Waals surface area contributed by atoms with Crippen LogP contribution in [0.3, 0.4) is 0 Å². The average molecular weight is 265 g/mol. The summed E-state index contributed by atoms with van der Waals surface area (Å²) in [6.07, 6.45) is 0.993. The predicted molar refractivity (Wildman–Crippen MR) is 59.5 cm³/mol. The molecule has 0 amide bonds. The highest BCUT2D eigenvalue weighted by Crippen LogP contribution is 2.19. The largest absolute Gasteiger partial charge is 0.294 e. The third-order valence-electron chi connectivity index (χ3n) is 1.98. The van der Waals surface area contributed by atoms with Gasteiger partial charge in [0.05, 0.1) is 16.8 Å². The molecule has 90 valence electrons. The van der Waals surface area contributed by atoms with Crippen LogP contribution in [-0.2, 0) is 20.1 Å². The molecular weight excluding hydrogens is 254 g/mol. The second-order valence-electron chi connectivity index (χ2n) is 3.20. The minimum absolute atomic E-state index is 0.164. The van der Waals surface area contributed by atoms with E-state index in [4.69, 9.17) is 4.55 Å². The molecule has 1 aromatic rings. The number of rotatable bonds is 3. The SMILES string of the molecule is CN(c1cccc(S(=O)(=O)O)c1)S(C)(=O)=O. The van der Waals surface area contributed by atoms with E-state index in [1.165, 1.54) is 25.2 Å². The van der Waals surface area contributed by atoms with Crippen LogP contribution in [0.2, 0.25) is 0 Å². The number of sulfonamides is 1. The molecule has 0 unspecified atom stereocenters. The van der Waals surface area contributed by atoms with Crippen LogP contribution in [0.5, 0.6) is 0 Å². The first-order chi connectivity index (χ1) is 7.12. The Kier molecular flexibility index (Phi) is 3.27. The highest BCUT2D eigenvalue weighted by atomic mass is 32.2. The molecule has 0 fully saturated rings. The molecule has 0 aliphatic heterocycles. The molecule has 1 aromatic carbocycles. The molecule has 0 aliphatic rings. The molecule has 1 rings (SSSR count). The molecule has 0 aromatic heterocycles. The third-order valence-corrected chi connectivity index (χ3v) is 4.03. The van der Waals surface area contributed by atoms with Gasteiger partial charge in [-0.15, -0.1) is 0 Å². The predicted octanol–water partition coefficient (Wildman–Crippen LogP) is 0.329. The molecule has 0 saturated carbocycles. The summed E-state index contributed by atoms with van der Waals surface area (Å²) < 4.78 is 53.8. The fraction of sp³-hybridized carbons (Fsp3) is 0.250. The van der Waals surface area contributed by atoms with Gasteiger partial charge in [-0.05, 0) is 18.2 Å². The maximum Gasteiger partial charge on any atom is 0.294 e. The number of nitrogens with zero attached hydrogens (tertiary/aromatic N) is 1. The normalized spacial score (nSPS) is 12.4. The van der Waals surface area contributed by atoms with Gasteiger partial charge < -0.3 is 0 Å². The lowest BCUT2D eigenvalue weighted by molar-refractivity contribution is 0.483. The van der Waals surface area contributed by atoms with Gasteiger partial charge in [0, 0.05) is 7.05 Å².